The largest absolute Gasteiger partial charge is 0.362 e. The highest BCUT2D eigenvalue weighted by molar-refractivity contribution is 7.91. The summed E-state index contributed by atoms with van der Waals surface area (Å²) < 4.78 is 23.6. The van der Waals surface area contributed by atoms with Gasteiger partial charge >= 0.3 is 0 Å². The number of sulfone groups is 1. The van der Waals surface area contributed by atoms with Gasteiger partial charge in [0.25, 0.3) is 0 Å². The molecule has 0 bridgehead atoms. The van der Waals surface area contributed by atoms with Gasteiger partial charge in [0, 0.05) is 12.6 Å². The van der Waals surface area contributed by atoms with Gasteiger partial charge in [0.05, 0.1) is 38.7 Å². The monoisotopic (exact) mass is 370 g/mol. The second-order valence-electron chi connectivity index (χ2n) is 6.67. The third-order valence-electron chi connectivity index (χ3n) is 4.30. The van der Waals surface area contributed by atoms with Crippen LogP contribution in [0.1, 0.15) is 12.0 Å². The summed E-state index contributed by atoms with van der Waals surface area (Å²) in [7, 11) is 1.27. The molecule has 1 fully saturated rings. The highest BCUT2D eigenvalue weighted by Gasteiger charge is 2.33. The minimum absolute atomic E-state index is 0.00563. The minimum Gasteiger partial charge on any atom is -0.362 e. The fourth-order valence-corrected chi connectivity index (χ4v) is 4.95. The Bertz CT molecular complexity index is 632. The molecule has 1 aromatic carbocycles. The predicted octanol–water partition coefficient (Wildman–Crippen LogP) is -0.263. The van der Waals surface area contributed by atoms with E-state index in [1.807, 2.05) is 18.2 Å². The summed E-state index contributed by atoms with van der Waals surface area (Å²) in [6, 6.07) is 10.3. The van der Waals surface area contributed by atoms with Crippen LogP contribution >= 0.6 is 12.2 Å². The number of benzene rings is 1. The summed E-state index contributed by atoms with van der Waals surface area (Å²) in [6.45, 7) is 2.46. The molecule has 1 aliphatic heterocycles. The molecule has 0 spiro atoms. The van der Waals surface area contributed by atoms with Gasteiger partial charge in [-0.15, -0.1) is 0 Å². The highest BCUT2D eigenvalue weighted by Crippen LogP contribution is 2.17. The first-order valence-corrected chi connectivity index (χ1v) is 10.7. The van der Waals surface area contributed by atoms with Crippen molar-refractivity contribution in [1.82, 2.24) is 10.2 Å². The number of rotatable bonds is 7. The summed E-state index contributed by atoms with van der Waals surface area (Å²) in [6.07, 6.45) is 1.57. The van der Waals surface area contributed by atoms with Crippen molar-refractivity contribution in [2.45, 2.75) is 18.9 Å². The van der Waals surface area contributed by atoms with Crippen molar-refractivity contribution in [3.05, 3.63) is 35.9 Å². The van der Waals surface area contributed by atoms with Crippen molar-refractivity contribution in [2.24, 2.45) is 0 Å². The van der Waals surface area contributed by atoms with Crippen molar-refractivity contribution in [3.8, 4) is 0 Å². The van der Waals surface area contributed by atoms with Gasteiger partial charge in [0.2, 0.25) is 0 Å². The van der Waals surface area contributed by atoms with Crippen LogP contribution in [0, 0.1) is 0 Å². The lowest BCUT2D eigenvalue weighted by molar-refractivity contribution is -0.857. The first kappa shape index (κ1) is 19.1. The maximum absolute atomic E-state index is 11.8. The van der Waals surface area contributed by atoms with Gasteiger partial charge < -0.3 is 15.1 Å². The summed E-state index contributed by atoms with van der Waals surface area (Å²) >= 11 is 5.57. The number of quaternary nitrogens is 1. The molecule has 0 aliphatic carbocycles. The Morgan fingerprint density at radius 1 is 1.33 bits per heavy atom. The normalized spacial score (nSPS) is 19.4. The molecule has 2 rings (SSSR count). The van der Waals surface area contributed by atoms with Crippen molar-refractivity contribution in [1.29, 1.82) is 0 Å². The van der Waals surface area contributed by atoms with Gasteiger partial charge in [-0.25, -0.2) is 8.42 Å². The lowest BCUT2D eigenvalue weighted by atomic mass is 10.1. The molecule has 1 atom stereocenters. The molecule has 134 valence electrons. The fraction of sp³-hybridized carbons (Fsp3) is 0.588. The molecule has 1 aromatic rings. The maximum atomic E-state index is 11.8. The Morgan fingerprint density at radius 3 is 2.62 bits per heavy atom. The smallest absolute Gasteiger partial charge is 0.169 e. The lowest BCUT2D eigenvalue weighted by Crippen LogP contribution is -3.06. The van der Waals surface area contributed by atoms with E-state index in [4.69, 9.17) is 12.2 Å². The molecule has 2 N–H and O–H groups in total. The van der Waals surface area contributed by atoms with Crippen LogP contribution in [0.15, 0.2) is 30.3 Å². The summed E-state index contributed by atoms with van der Waals surface area (Å²) in [5.74, 6) is 0.492. The van der Waals surface area contributed by atoms with E-state index in [0.717, 1.165) is 26.1 Å². The Labute approximate surface area is 150 Å². The van der Waals surface area contributed by atoms with Crippen LogP contribution in [0.25, 0.3) is 0 Å². The standard InChI is InChI=1S/C17H27N3O2S2/c1-19(2)11-12-20(16-9-13-24(21,22)14-16)17(23)18-10-8-15-6-4-3-5-7-15/h3-7,16H,8-14H2,1-2H3,(H,18,23)/p+1/t16-/m1/s1. The van der Waals surface area contributed by atoms with E-state index in [1.165, 1.54) is 10.5 Å². The Hall–Kier alpha value is -1.18. The first-order valence-electron chi connectivity index (χ1n) is 8.45. The van der Waals surface area contributed by atoms with Crippen molar-refractivity contribution >= 4 is 27.2 Å². The molecule has 7 heteroatoms. The van der Waals surface area contributed by atoms with Crippen LogP contribution in [0.3, 0.4) is 0 Å². The minimum atomic E-state index is -2.91. The quantitative estimate of drug-likeness (QED) is 0.648. The van der Waals surface area contributed by atoms with Gasteiger partial charge in [-0.3, -0.25) is 0 Å². The topological polar surface area (TPSA) is 53.9 Å². The SMILES string of the molecule is C[NH+](C)CCN(C(=S)NCCc1ccccc1)[C@@H]1CCS(=O)(=O)C1. The molecule has 0 amide bonds. The predicted molar refractivity (Wildman–Crippen MR) is 102 cm³/mol. The summed E-state index contributed by atoms with van der Waals surface area (Å²) in [5, 5.41) is 3.99. The Kier molecular flexibility index (Phi) is 7.01. The number of thiocarbonyl (C=S) groups is 1. The Balaban J connectivity index is 1.91. The maximum Gasteiger partial charge on any atom is 0.169 e. The van der Waals surface area contributed by atoms with Gasteiger partial charge in [0.1, 0.15) is 0 Å². The molecule has 0 aromatic heterocycles. The zero-order valence-electron chi connectivity index (χ0n) is 14.5. The molecule has 0 unspecified atom stereocenters. The number of likely N-dealkylation sites (N-methyl/N-ethyl adjacent to an activating group) is 1. The number of nitrogens with zero attached hydrogens (tertiary/aromatic N) is 1. The number of hydrogen-bond donors (Lipinski definition) is 2. The average molecular weight is 371 g/mol. The van der Waals surface area contributed by atoms with Crippen LogP contribution < -0.4 is 10.2 Å². The van der Waals surface area contributed by atoms with Crippen LogP contribution in [-0.4, -0.2) is 69.7 Å². The van der Waals surface area contributed by atoms with Crippen LogP contribution in [0.2, 0.25) is 0 Å². The van der Waals surface area contributed by atoms with E-state index < -0.39 is 9.84 Å². The van der Waals surface area contributed by atoms with E-state index in [1.54, 1.807) is 0 Å². The van der Waals surface area contributed by atoms with E-state index in [9.17, 15) is 8.42 Å². The molecule has 5 nitrogen and oxygen atoms in total. The third kappa shape index (κ3) is 6.03. The van der Waals surface area contributed by atoms with Crippen LogP contribution in [0.5, 0.6) is 0 Å². The van der Waals surface area contributed by atoms with E-state index in [2.05, 4.69) is 36.4 Å². The van der Waals surface area contributed by atoms with Crippen LogP contribution in [-0.2, 0) is 16.3 Å². The summed E-state index contributed by atoms with van der Waals surface area (Å²) in [4.78, 5) is 3.41. The molecule has 0 saturated carbocycles. The zero-order valence-corrected chi connectivity index (χ0v) is 16.1. The zero-order chi connectivity index (χ0) is 17.6. The van der Waals surface area contributed by atoms with E-state index in [0.29, 0.717) is 11.5 Å². The lowest BCUT2D eigenvalue weighted by Gasteiger charge is -2.31. The van der Waals surface area contributed by atoms with Crippen molar-refractivity contribution in [3.63, 3.8) is 0 Å². The summed E-state index contributed by atoms with van der Waals surface area (Å²) in [5.41, 5.74) is 1.26. The molecular weight excluding hydrogens is 342 g/mol. The fourth-order valence-electron chi connectivity index (χ4n) is 2.88. The van der Waals surface area contributed by atoms with E-state index >= 15 is 0 Å². The van der Waals surface area contributed by atoms with Crippen molar-refractivity contribution in [2.75, 3.05) is 45.2 Å². The molecule has 1 heterocycles. The van der Waals surface area contributed by atoms with Gasteiger partial charge in [-0.2, -0.15) is 0 Å². The highest BCUT2D eigenvalue weighted by atomic mass is 32.2. The average Bonchev–Trinajstić information content (AvgIpc) is 2.88. The second-order valence-corrected chi connectivity index (χ2v) is 9.29. The number of hydrogen-bond acceptors (Lipinski definition) is 3. The Morgan fingerprint density at radius 2 is 2.04 bits per heavy atom. The van der Waals surface area contributed by atoms with Gasteiger partial charge in [-0.1, -0.05) is 30.3 Å². The first-order chi connectivity index (χ1) is 11.4. The van der Waals surface area contributed by atoms with Crippen molar-refractivity contribution < 1.29 is 13.3 Å². The van der Waals surface area contributed by atoms with Crippen LogP contribution in [0.4, 0.5) is 0 Å². The second kappa shape index (κ2) is 8.78. The molecule has 24 heavy (non-hydrogen) atoms. The van der Waals surface area contributed by atoms with E-state index in [-0.39, 0.29) is 17.5 Å². The third-order valence-corrected chi connectivity index (χ3v) is 6.42. The molecular formula is C17H28N3O2S2+. The molecule has 1 saturated heterocycles. The van der Waals surface area contributed by atoms with Gasteiger partial charge in [0.15, 0.2) is 14.9 Å². The van der Waals surface area contributed by atoms with Gasteiger partial charge in [-0.05, 0) is 30.6 Å². The molecule has 0 radical (unpaired) electrons. The molecule has 1 aliphatic rings. The number of nitrogens with one attached hydrogen (secondary N) is 2.